The van der Waals surface area contributed by atoms with Crippen LogP contribution in [0.2, 0.25) is 0 Å². The van der Waals surface area contributed by atoms with Gasteiger partial charge < -0.3 is 19.5 Å². The molecule has 0 radical (unpaired) electrons. The second-order valence-corrected chi connectivity index (χ2v) is 8.87. The highest BCUT2D eigenvalue weighted by Crippen LogP contribution is 2.41. The normalized spacial score (nSPS) is 20.6. The number of ether oxygens (including phenoxy) is 2. The number of hydrogen-bond acceptors (Lipinski definition) is 5. The fraction of sp³-hybridized carbons (Fsp3) is 0.241. The summed E-state index contributed by atoms with van der Waals surface area (Å²) in [6.07, 6.45) is 0.781. The van der Waals surface area contributed by atoms with Gasteiger partial charge in [-0.1, -0.05) is 42.5 Å². The largest absolute Gasteiger partial charge is 0.507 e. The lowest BCUT2D eigenvalue weighted by Gasteiger charge is -2.25. The Morgan fingerprint density at radius 2 is 1.80 bits per heavy atom. The van der Waals surface area contributed by atoms with E-state index >= 15 is 0 Å². The van der Waals surface area contributed by atoms with Gasteiger partial charge in [-0.05, 0) is 60.9 Å². The molecule has 0 saturated carbocycles. The van der Waals surface area contributed by atoms with E-state index in [4.69, 9.17) is 9.47 Å². The summed E-state index contributed by atoms with van der Waals surface area (Å²) in [4.78, 5) is 28.1. The first-order chi connectivity index (χ1) is 17.0. The molecule has 3 aromatic carbocycles. The number of likely N-dealkylation sites (tertiary alicyclic amines) is 1. The van der Waals surface area contributed by atoms with Crippen molar-refractivity contribution in [2.45, 2.75) is 39.0 Å². The molecule has 6 nitrogen and oxygen atoms in total. The Morgan fingerprint density at radius 3 is 2.51 bits per heavy atom. The number of Topliss-reactive ketones (excluding diaryl/α,β-unsaturated/α-hetero) is 1. The minimum absolute atomic E-state index is 0.0581. The first-order valence-corrected chi connectivity index (χ1v) is 11.8. The van der Waals surface area contributed by atoms with Crippen LogP contribution in [-0.4, -0.2) is 34.4 Å². The smallest absolute Gasteiger partial charge is 0.295 e. The maximum absolute atomic E-state index is 13.3. The van der Waals surface area contributed by atoms with Crippen LogP contribution < -0.4 is 9.47 Å². The lowest BCUT2D eigenvalue weighted by Crippen LogP contribution is -2.29. The molecule has 2 aliphatic heterocycles. The molecule has 0 aromatic heterocycles. The van der Waals surface area contributed by atoms with Gasteiger partial charge in [0.25, 0.3) is 11.7 Å². The van der Waals surface area contributed by atoms with Gasteiger partial charge in [0, 0.05) is 18.5 Å². The molecule has 6 heteroatoms. The van der Waals surface area contributed by atoms with Crippen molar-refractivity contribution in [3.05, 3.63) is 101 Å². The number of amides is 1. The lowest BCUT2D eigenvalue weighted by atomic mass is 9.94. The van der Waals surface area contributed by atoms with E-state index in [2.05, 4.69) is 0 Å². The van der Waals surface area contributed by atoms with Crippen molar-refractivity contribution in [2.75, 3.05) is 6.61 Å². The molecule has 2 atom stereocenters. The monoisotopic (exact) mass is 469 g/mol. The molecule has 35 heavy (non-hydrogen) atoms. The Hall–Kier alpha value is -4.06. The third kappa shape index (κ3) is 4.28. The predicted molar refractivity (Wildman–Crippen MR) is 132 cm³/mol. The Labute approximate surface area is 204 Å². The van der Waals surface area contributed by atoms with Gasteiger partial charge in [0.2, 0.25) is 0 Å². The molecular weight excluding hydrogens is 442 g/mol. The van der Waals surface area contributed by atoms with Crippen LogP contribution in [0.5, 0.6) is 11.5 Å². The molecule has 1 amide bonds. The third-order valence-corrected chi connectivity index (χ3v) is 6.41. The fourth-order valence-electron chi connectivity index (χ4n) is 4.81. The zero-order valence-corrected chi connectivity index (χ0v) is 19.7. The molecule has 1 fully saturated rings. The summed E-state index contributed by atoms with van der Waals surface area (Å²) in [5.74, 6) is -0.0272. The van der Waals surface area contributed by atoms with Crippen molar-refractivity contribution in [2.24, 2.45) is 0 Å². The van der Waals surface area contributed by atoms with Crippen molar-refractivity contribution in [3.63, 3.8) is 0 Å². The molecule has 3 aromatic rings. The highest BCUT2D eigenvalue weighted by molar-refractivity contribution is 6.46. The molecule has 1 N–H and O–H groups in total. The Balaban J connectivity index is 1.60. The van der Waals surface area contributed by atoms with Crippen molar-refractivity contribution < 1.29 is 24.2 Å². The van der Waals surface area contributed by atoms with Gasteiger partial charge in [0.1, 0.15) is 23.4 Å². The third-order valence-electron chi connectivity index (χ3n) is 6.41. The van der Waals surface area contributed by atoms with Crippen molar-refractivity contribution in [3.8, 4) is 11.5 Å². The Kier molecular flexibility index (Phi) is 6.03. The molecule has 1 saturated heterocycles. The standard InChI is InChI=1S/C29H27NO5/c1-3-34-23-12-9-20(10-13-23)26-25(27(31)21-11-14-24-22(16-21)15-18(2)35-24)28(32)29(33)30(26)17-19-7-5-4-6-8-19/h4-14,16,18,26,31H,3,15,17H2,1-2H3/b27-25+/t18-,26-/m0/s1. The number of carbonyl (C=O) groups excluding carboxylic acids is 2. The highest BCUT2D eigenvalue weighted by Gasteiger charge is 2.46. The number of ketones is 1. The maximum atomic E-state index is 13.3. The molecule has 5 rings (SSSR count). The SMILES string of the molecule is CCOc1ccc([C@H]2/C(=C(\O)c3ccc4c(c3)C[C@H](C)O4)C(=O)C(=O)N2Cc2ccccc2)cc1. The van der Waals surface area contributed by atoms with E-state index < -0.39 is 17.7 Å². The Morgan fingerprint density at radius 1 is 1.06 bits per heavy atom. The van der Waals surface area contributed by atoms with Crippen LogP contribution in [0, 0.1) is 0 Å². The quantitative estimate of drug-likeness (QED) is 0.311. The second-order valence-electron chi connectivity index (χ2n) is 8.87. The van der Waals surface area contributed by atoms with Crippen molar-refractivity contribution in [1.82, 2.24) is 4.90 Å². The van der Waals surface area contributed by atoms with Crippen LogP contribution in [0.3, 0.4) is 0 Å². The van der Waals surface area contributed by atoms with E-state index in [1.807, 2.05) is 74.5 Å². The van der Waals surface area contributed by atoms with E-state index in [9.17, 15) is 14.7 Å². The van der Waals surface area contributed by atoms with E-state index in [0.717, 1.165) is 28.9 Å². The van der Waals surface area contributed by atoms with E-state index in [1.165, 1.54) is 4.90 Å². The van der Waals surface area contributed by atoms with Crippen LogP contribution in [-0.2, 0) is 22.6 Å². The molecule has 0 bridgehead atoms. The van der Waals surface area contributed by atoms with E-state index in [-0.39, 0.29) is 24.0 Å². The van der Waals surface area contributed by atoms with Gasteiger partial charge in [0.15, 0.2) is 0 Å². The van der Waals surface area contributed by atoms with Crippen LogP contribution >= 0.6 is 0 Å². The first kappa shape index (κ1) is 22.7. The molecule has 0 aliphatic carbocycles. The number of carbonyl (C=O) groups is 2. The van der Waals surface area contributed by atoms with Gasteiger partial charge in [-0.2, -0.15) is 0 Å². The van der Waals surface area contributed by atoms with Crippen molar-refractivity contribution >= 4 is 17.4 Å². The van der Waals surface area contributed by atoms with E-state index in [1.54, 1.807) is 12.1 Å². The zero-order valence-electron chi connectivity index (χ0n) is 19.7. The number of rotatable bonds is 6. The number of nitrogens with zero attached hydrogens (tertiary/aromatic N) is 1. The van der Waals surface area contributed by atoms with Crippen molar-refractivity contribution in [1.29, 1.82) is 0 Å². The van der Waals surface area contributed by atoms with Gasteiger partial charge in [0.05, 0.1) is 18.2 Å². The van der Waals surface area contributed by atoms with Crippen LogP contribution in [0.4, 0.5) is 0 Å². The zero-order chi connectivity index (χ0) is 24.5. The summed E-state index contributed by atoms with van der Waals surface area (Å²) in [6.45, 7) is 4.67. The van der Waals surface area contributed by atoms with Gasteiger partial charge >= 0.3 is 0 Å². The topological polar surface area (TPSA) is 76.1 Å². The molecule has 0 unspecified atom stereocenters. The van der Waals surface area contributed by atoms with E-state index in [0.29, 0.717) is 17.9 Å². The summed E-state index contributed by atoms with van der Waals surface area (Å²) in [6, 6.07) is 21.5. The second kappa shape index (κ2) is 9.29. The number of hydrogen-bond donors (Lipinski definition) is 1. The number of fused-ring (bicyclic) bond motifs is 1. The minimum Gasteiger partial charge on any atom is -0.507 e. The summed E-state index contributed by atoms with van der Waals surface area (Å²) >= 11 is 0. The highest BCUT2D eigenvalue weighted by atomic mass is 16.5. The summed E-state index contributed by atoms with van der Waals surface area (Å²) in [7, 11) is 0. The summed E-state index contributed by atoms with van der Waals surface area (Å²) < 4.78 is 11.3. The van der Waals surface area contributed by atoms with Gasteiger partial charge in [-0.15, -0.1) is 0 Å². The fourth-order valence-corrected chi connectivity index (χ4v) is 4.81. The van der Waals surface area contributed by atoms with Gasteiger partial charge in [-0.25, -0.2) is 0 Å². The number of aliphatic hydroxyl groups excluding tert-OH is 1. The molecule has 2 aliphatic rings. The number of benzene rings is 3. The minimum atomic E-state index is -0.727. The van der Waals surface area contributed by atoms with Crippen LogP contribution in [0.1, 0.15) is 42.1 Å². The molecule has 178 valence electrons. The molecule has 0 spiro atoms. The Bertz CT molecular complexity index is 1300. The average Bonchev–Trinajstić information content (AvgIpc) is 3.36. The maximum Gasteiger partial charge on any atom is 0.295 e. The lowest BCUT2D eigenvalue weighted by molar-refractivity contribution is -0.140. The van der Waals surface area contributed by atoms with Crippen LogP contribution in [0.15, 0.2) is 78.4 Å². The molecule has 2 heterocycles. The number of aliphatic hydroxyl groups is 1. The summed E-state index contributed by atoms with van der Waals surface area (Å²) in [5, 5.41) is 11.4. The molecular formula is C29H27NO5. The first-order valence-electron chi connectivity index (χ1n) is 11.8. The van der Waals surface area contributed by atoms with Crippen LogP contribution in [0.25, 0.3) is 5.76 Å². The summed E-state index contributed by atoms with van der Waals surface area (Å²) in [5.41, 5.74) is 3.17. The van der Waals surface area contributed by atoms with Gasteiger partial charge in [-0.3, -0.25) is 9.59 Å². The predicted octanol–water partition coefficient (Wildman–Crippen LogP) is 5.03. The average molecular weight is 470 g/mol.